The van der Waals surface area contributed by atoms with Crippen molar-refractivity contribution in [2.24, 2.45) is 22.7 Å². The zero-order chi connectivity index (χ0) is 46.9. The molecule has 0 radical (unpaired) electrons. The van der Waals surface area contributed by atoms with Gasteiger partial charge in [0.15, 0.2) is 29.1 Å². The van der Waals surface area contributed by atoms with Gasteiger partial charge in [0.1, 0.15) is 44.0 Å². The van der Waals surface area contributed by atoms with Gasteiger partial charge in [-0.2, -0.15) is 0 Å². The fourth-order valence-electron chi connectivity index (χ4n) is 12.1. The number of aliphatic hydroxyl groups excluding tert-OH is 1. The van der Waals surface area contributed by atoms with Gasteiger partial charge >= 0.3 is 6.09 Å². The molecule has 1 saturated heterocycles. The van der Waals surface area contributed by atoms with Crippen LogP contribution in [-0.4, -0.2) is 96.3 Å². The number of allylic oxidation sites excluding steroid dienone is 4. The Morgan fingerprint density at radius 1 is 0.909 bits per heavy atom. The lowest BCUT2D eigenvalue weighted by Crippen LogP contribution is -2.70. The molecule has 3 aromatic rings. The largest absolute Gasteiger partial charge is 0.449 e. The zero-order valence-electron chi connectivity index (χ0n) is 36.9. The van der Waals surface area contributed by atoms with E-state index in [2.05, 4.69) is 16.0 Å². The molecule has 4 fully saturated rings. The van der Waals surface area contributed by atoms with Crippen LogP contribution in [0.25, 0.3) is 11.1 Å². The number of rotatable bonds is 12. The highest BCUT2D eigenvalue weighted by atomic mass is 19.1. The standard InChI is InChI=1S/C50H52F3N3O10/c1-26(55-44(61)27(2)56-46(62)64-23-35-33-14-7-5-12-31(33)32-13-6-8-15-34(32)35)43(60)54-25-63-24-41(59)50-42(65-45(66-50)28-10-9-11-29(51)18-28)21-36-37-20-39(52)38-19-30(57)16-17-47(38,3)49(37,53)40(58)22-48(36,50)4/h5-19,26-27,35-37,39-40,42,45,58H,20-25H2,1-4H3,(H,54,60)(H,55,61)(H,56,62)/t26-,27-,36-,37-,39-,40-,42+,45+,47-,48-,49-,50+/m0/s1. The van der Waals surface area contributed by atoms with Gasteiger partial charge in [0.25, 0.3) is 0 Å². The normalized spacial score (nSPS) is 33.5. The summed E-state index contributed by atoms with van der Waals surface area (Å²) in [5.41, 5.74) is -2.88. The van der Waals surface area contributed by atoms with E-state index in [1.165, 1.54) is 51.1 Å². The molecule has 13 nitrogen and oxygen atoms in total. The molecule has 1 heterocycles. The maximum Gasteiger partial charge on any atom is 0.407 e. The predicted octanol–water partition coefficient (Wildman–Crippen LogP) is 6.00. The predicted molar refractivity (Wildman–Crippen MR) is 231 cm³/mol. The third-order valence-corrected chi connectivity index (χ3v) is 15.3. The molecule has 3 aromatic carbocycles. The Bertz CT molecular complexity index is 2510. The van der Waals surface area contributed by atoms with Gasteiger partial charge in [0.2, 0.25) is 11.8 Å². The summed E-state index contributed by atoms with van der Waals surface area (Å²) in [6.45, 7) is 4.94. The van der Waals surface area contributed by atoms with Crippen LogP contribution in [0, 0.1) is 28.5 Å². The van der Waals surface area contributed by atoms with Crippen molar-refractivity contribution in [3.8, 4) is 11.1 Å². The van der Waals surface area contributed by atoms with Crippen molar-refractivity contribution in [3.63, 3.8) is 0 Å². The number of hydrogen-bond donors (Lipinski definition) is 4. The van der Waals surface area contributed by atoms with Gasteiger partial charge in [-0.3, -0.25) is 19.2 Å². The SMILES string of the molecule is C[C@H](NC(=O)OCC1c2ccccc2-c2ccccc21)C(=O)N[C@@H](C)C(=O)NCOCC(=O)[C@@]12O[C@H](c3cccc(F)c3)O[C@@H]1C[C@H]1[C@@H]3C[C@H](F)C4=CC(=O)C=C[C@]4(C)[C@@]3(F)[C@@H](O)C[C@@]12C. The molecular formula is C50H52F3N3O10. The molecule has 16 heteroatoms. The average molecular weight is 912 g/mol. The first-order valence-corrected chi connectivity index (χ1v) is 22.3. The number of ketones is 2. The van der Waals surface area contributed by atoms with E-state index >= 15 is 8.78 Å². The Kier molecular flexibility index (Phi) is 11.6. The molecule has 0 spiro atoms. The van der Waals surface area contributed by atoms with Gasteiger partial charge in [-0.15, -0.1) is 0 Å². The molecule has 3 saturated carbocycles. The van der Waals surface area contributed by atoms with Gasteiger partial charge in [-0.1, -0.05) is 73.7 Å². The molecular weight excluding hydrogens is 860 g/mol. The third kappa shape index (κ3) is 7.10. The Morgan fingerprint density at radius 3 is 2.29 bits per heavy atom. The molecule has 4 N–H and O–H groups in total. The molecule has 0 aromatic heterocycles. The van der Waals surface area contributed by atoms with Crippen molar-refractivity contribution in [2.45, 2.75) is 101 Å². The summed E-state index contributed by atoms with van der Waals surface area (Å²) in [4.78, 5) is 65.9. The van der Waals surface area contributed by atoms with Crippen molar-refractivity contribution >= 4 is 29.5 Å². The van der Waals surface area contributed by atoms with Gasteiger partial charge in [-0.25, -0.2) is 18.0 Å². The number of halogens is 3. The van der Waals surface area contributed by atoms with Crippen molar-refractivity contribution < 1.29 is 61.2 Å². The summed E-state index contributed by atoms with van der Waals surface area (Å²) < 4.78 is 72.7. The van der Waals surface area contributed by atoms with E-state index in [1.807, 2.05) is 48.5 Å². The second kappa shape index (κ2) is 16.9. The maximum atomic E-state index is 17.9. The lowest BCUT2D eigenvalue weighted by Gasteiger charge is -2.63. The van der Waals surface area contributed by atoms with Crippen LogP contribution in [0.5, 0.6) is 0 Å². The fourth-order valence-corrected chi connectivity index (χ4v) is 12.1. The number of aliphatic hydroxyl groups is 1. The molecule has 3 amide bonds. The summed E-state index contributed by atoms with van der Waals surface area (Å²) in [5.74, 6) is -5.11. The first-order valence-electron chi connectivity index (χ1n) is 22.3. The van der Waals surface area contributed by atoms with Gasteiger partial charge in [-0.05, 0) is 98.1 Å². The Balaban J connectivity index is 0.826. The third-order valence-electron chi connectivity index (χ3n) is 15.3. The second-order valence-corrected chi connectivity index (χ2v) is 18.8. The second-order valence-electron chi connectivity index (χ2n) is 18.8. The summed E-state index contributed by atoms with van der Waals surface area (Å²) >= 11 is 0. The quantitative estimate of drug-likeness (QED) is 0.125. The molecule has 348 valence electrons. The highest BCUT2D eigenvalue weighted by Crippen LogP contribution is 2.72. The van der Waals surface area contributed by atoms with Crippen LogP contribution in [0.1, 0.15) is 75.9 Å². The number of alkyl halides is 2. The first-order chi connectivity index (χ1) is 31.4. The van der Waals surface area contributed by atoms with Gasteiger partial charge < -0.3 is 40.0 Å². The topological polar surface area (TPSA) is 179 Å². The van der Waals surface area contributed by atoms with E-state index < -0.39 is 119 Å². The smallest absolute Gasteiger partial charge is 0.407 e. The minimum absolute atomic E-state index is 0.0319. The molecule has 66 heavy (non-hydrogen) atoms. The van der Waals surface area contributed by atoms with E-state index in [4.69, 9.17) is 18.9 Å². The molecule has 0 bridgehead atoms. The van der Waals surface area contributed by atoms with Crippen molar-refractivity contribution in [1.29, 1.82) is 0 Å². The fraction of sp³-hybridized carbons (Fsp3) is 0.460. The lowest BCUT2D eigenvalue weighted by atomic mass is 9.44. The molecule has 6 aliphatic rings. The first kappa shape index (κ1) is 45.5. The van der Waals surface area contributed by atoms with Crippen molar-refractivity contribution in [1.82, 2.24) is 16.0 Å². The number of carbonyl (C=O) groups is 5. The van der Waals surface area contributed by atoms with Crippen molar-refractivity contribution in [2.75, 3.05) is 19.9 Å². The number of amides is 3. The van der Waals surface area contributed by atoms with E-state index in [1.54, 1.807) is 13.0 Å². The highest BCUT2D eigenvalue weighted by Gasteiger charge is 2.80. The van der Waals surface area contributed by atoms with Crippen LogP contribution < -0.4 is 16.0 Å². The summed E-state index contributed by atoms with van der Waals surface area (Å²) in [6, 6.07) is 19.1. The van der Waals surface area contributed by atoms with Crippen LogP contribution in [-0.2, 0) is 38.1 Å². The van der Waals surface area contributed by atoms with Gasteiger partial charge in [0, 0.05) is 28.2 Å². The Hall–Kier alpha value is -5.68. The van der Waals surface area contributed by atoms with Crippen LogP contribution in [0.3, 0.4) is 0 Å². The number of hydrogen-bond acceptors (Lipinski definition) is 10. The average Bonchev–Trinajstić information content (AvgIpc) is 3.92. The summed E-state index contributed by atoms with van der Waals surface area (Å²) in [5, 5.41) is 19.5. The van der Waals surface area contributed by atoms with Crippen LogP contribution in [0.15, 0.2) is 96.6 Å². The van der Waals surface area contributed by atoms with E-state index in [0.717, 1.165) is 28.3 Å². The lowest BCUT2D eigenvalue weighted by molar-refractivity contribution is -0.235. The number of Topliss-reactive ketones (excluding diaryl/α,β-unsaturated/α-hetero) is 1. The Labute approximate surface area is 379 Å². The van der Waals surface area contributed by atoms with E-state index in [0.29, 0.717) is 0 Å². The van der Waals surface area contributed by atoms with Crippen molar-refractivity contribution in [3.05, 3.63) is 119 Å². The molecule has 9 rings (SSSR count). The van der Waals surface area contributed by atoms with E-state index in [9.17, 15) is 33.5 Å². The molecule has 5 aliphatic carbocycles. The molecule has 0 unspecified atom stereocenters. The number of benzene rings is 3. The van der Waals surface area contributed by atoms with E-state index in [-0.39, 0.29) is 42.9 Å². The maximum absolute atomic E-state index is 17.9. The number of nitrogens with one attached hydrogen (secondary N) is 3. The number of fused-ring (bicyclic) bond motifs is 10. The minimum atomic E-state index is -2.42. The minimum Gasteiger partial charge on any atom is -0.449 e. The van der Waals surface area contributed by atoms with Crippen LogP contribution >= 0.6 is 0 Å². The number of alkyl carbamates (subject to hydrolysis) is 1. The van der Waals surface area contributed by atoms with Crippen LogP contribution in [0.2, 0.25) is 0 Å². The monoisotopic (exact) mass is 911 g/mol. The Morgan fingerprint density at radius 2 is 1.59 bits per heavy atom. The number of ether oxygens (including phenoxy) is 4. The number of carbonyl (C=O) groups excluding carboxylic acids is 5. The zero-order valence-corrected chi connectivity index (χ0v) is 36.9. The van der Waals surface area contributed by atoms with Crippen LogP contribution in [0.4, 0.5) is 18.0 Å². The molecule has 1 aliphatic heterocycles. The van der Waals surface area contributed by atoms with Gasteiger partial charge in [0.05, 0.1) is 12.2 Å². The highest BCUT2D eigenvalue weighted by molar-refractivity contribution is 6.01. The molecule has 12 atom stereocenters. The summed E-state index contributed by atoms with van der Waals surface area (Å²) in [6.07, 6.45) is -3.56. The summed E-state index contributed by atoms with van der Waals surface area (Å²) in [7, 11) is 0.